The van der Waals surface area contributed by atoms with E-state index in [-0.39, 0.29) is 5.78 Å². The fraction of sp³-hybridized carbons (Fsp3) is 0.208. The van der Waals surface area contributed by atoms with Crippen molar-refractivity contribution in [3.8, 4) is 17.0 Å². The number of H-pyrrole nitrogens is 1. The van der Waals surface area contributed by atoms with Crippen LogP contribution >= 0.6 is 0 Å². The number of hydrogen-bond acceptors (Lipinski definition) is 5. The molecule has 1 aromatic carbocycles. The minimum atomic E-state index is 0.0887. The molecule has 1 N–H and O–H groups in total. The van der Waals surface area contributed by atoms with E-state index in [1.54, 1.807) is 12.4 Å². The fourth-order valence-corrected chi connectivity index (χ4v) is 3.15. The van der Waals surface area contributed by atoms with E-state index in [9.17, 15) is 4.79 Å². The van der Waals surface area contributed by atoms with Crippen molar-refractivity contribution in [1.29, 1.82) is 0 Å². The Kier molecular flexibility index (Phi) is 5.86. The van der Waals surface area contributed by atoms with Gasteiger partial charge in [0.15, 0.2) is 5.78 Å². The lowest BCUT2D eigenvalue weighted by atomic mass is 10.1. The van der Waals surface area contributed by atoms with Gasteiger partial charge in [-0.3, -0.25) is 9.78 Å². The van der Waals surface area contributed by atoms with Crippen LogP contribution in [0, 0.1) is 0 Å². The van der Waals surface area contributed by atoms with Crippen LogP contribution in [-0.2, 0) is 0 Å². The Bertz CT molecular complexity index is 1090. The molecule has 2 aromatic heterocycles. The summed E-state index contributed by atoms with van der Waals surface area (Å²) in [4.78, 5) is 26.0. The maximum atomic E-state index is 12.0. The molecule has 1 aliphatic rings. The van der Waals surface area contributed by atoms with Crippen LogP contribution in [0.3, 0.4) is 0 Å². The van der Waals surface area contributed by atoms with E-state index in [0.717, 1.165) is 34.8 Å². The lowest BCUT2D eigenvalue weighted by Gasteiger charge is -2.10. The molecular formula is C24H24N4O2. The number of pyridine rings is 1. The molecule has 0 bridgehead atoms. The number of fused-ring (bicyclic) bond motifs is 1. The molecular weight excluding hydrogens is 376 g/mol. The third-order valence-corrected chi connectivity index (χ3v) is 4.82. The molecule has 152 valence electrons. The van der Waals surface area contributed by atoms with Crippen LogP contribution in [-0.4, -0.2) is 54.1 Å². The van der Waals surface area contributed by atoms with Crippen molar-refractivity contribution in [3.05, 3.63) is 65.5 Å². The molecule has 0 atom stereocenters. The van der Waals surface area contributed by atoms with Crippen LogP contribution in [0.25, 0.3) is 23.4 Å². The lowest BCUT2D eigenvalue weighted by Crippen LogP contribution is -2.19. The SMILES string of the molecule is CN(C)CCOc1ccc(/C=C/c2cc(-c3cc4c([nH]3)N=CCC4=O)ccn2)cc1. The van der Waals surface area contributed by atoms with E-state index >= 15 is 0 Å². The third-order valence-electron chi connectivity index (χ3n) is 4.82. The summed E-state index contributed by atoms with van der Waals surface area (Å²) in [6.07, 6.45) is 7.75. The van der Waals surface area contributed by atoms with Crippen molar-refractivity contribution in [2.75, 3.05) is 27.2 Å². The predicted molar refractivity (Wildman–Crippen MR) is 121 cm³/mol. The number of carbonyl (C=O) groups is 1. The summed E-state index contributed by atoms with van der Waals surface area (Å²) in [5, 5.41) is 0. The van der Waals surface area contributed by atoms with Crippen LogP contribution in [0.5, 0.6) is 5.75 Å². The number of aromatic amines is 1. The topological polar surface area (TPSA) is 70.6 Å². The zero-order chi connectivity index (χ0) is 20.9. The van der Waals surface area contributed by atoms with Gasteiger partial charge in [-0.05, 0) is 56.1 Å². The van der Waals surface area contributed by atoms with Gasteiger partial charge in [0.25, 0.3) is 0 Å². The van der Waals surface area contributed by atoms with Gasteiger partial charge in [0.05, 0.1) is 11.3 Å². The number of benzene rings is 1. The summed E-state index contributed by atoms with van der Waals surface area (Å²) >= 11 is 0. The number of rotatable bonds is 7. The van der Waals surface area contributed by atoms with Crippen molar-refractivity contribution >= 4 is 30.0 Å². The summed E-state index contributed by atoms with van der Waals surface area (Å²) in [5.41, 5.74) is 4.38. The highest BCUT2D eigenvalue weighted by Gasteiger charge is 2.18. The first-order chi connectivity index (χ1) is 14.6. The highest BCUT2D eigenvalue weighted by molar-refractivity contribution is 6.10. The monoisotopic (exact) mass is 400 g/mol. The summed E-state index contributed by atoms with van der Waals surface area (Å²) in [6.45, 7) is 1.55. The number of ether oxygens (including phenoxy) is 1. The largest absolute Gasteiger partial charge is 0.492 e. The van der Waals surface area contributed by atoms with Gasteiger partial charge in [-0.1, -0.05) is 18.2 Å². The first-order valence-corrected chi connectivity index (χ1v) is 9.89. The molecule has 0 saturated heterocycles. The molecule has 0 spiro atoms. The van der Waals surface area contributed by atoms with Crippen molar-refractivity contribution in [3.63, 3.8) is 0 Å². The average molecular weight is 400 g/mol. The Morgan fingerprint density at radius 2 is 1.97 bits per heavy atom. The normalized spacial score (nSPS) is 13.2. The minimum absolute atomic E-state index is 0.0887. The van der Waals surface area contributed by atoms with E-state index in [4.69, 9.17) is 4.74 Å². The van der Waals surface area contributed by atoms with Gasteiger partial charge in [0.1, 0.15) is 18.2 Å². The summed E-state index contributed by atoms with van der Waals surface area (Å²) in [7, 11) is 4.05. The fourth-order valence-electron chi connectivity index (χ4n) is 3.15. The Labute approximate surface area is 175 Å². The van der Waals surface area contributed by atoms with E-state index in [1.165, 1.54) is 0 Å². The van der Waals surface area contributed by atoms with E-state index in [2.05, 4.69) is 19.9 Å². The zero-order valence-corrected chi connectivity index (χ0v) is 17.1. The Morgan fingerprint density at radius 3 is 2.73 bits per heavy atom. The average Bonchev–Trinajstić information content (AvgIpc) is 3.19. The van der Waals surface area contributed by atoms with Gasteiger partial charge in [0, 0.05) is 36.6 Å². The van der Waals surface area contributed by atoms with Gasteiger partial charge in [-0.2, -0.15) is 0 Å². The minimum Gasteiger partial charge on any atom is -0.492 e. The number of nitrogens with zero attached hydrogens (tertiary/aromatic N) is 3. The Morgan fingerprint density at radius 1 is 1.13 bits per heavy atom. The van der Waals surface area contributed by atoms with Crippen molar-refractivity contribution < 1.29 is 9.53 Å². The summed E-state index contributed by atoms with van der Waals surface area (Å²) < 4.78 is 5.73. The van der Waals surface area contributed by atoms with Gasteiger partial charge < -0.3 is 14.6 Å². The van der Waals surface area contributed by atoms with Crippen molar-refractivity contribution in [1.82, 2.24) is 14.9 Å². The second kappa shape index (κ2) is 8.88. The molecule has 3 aromatic rings. The molecule has 6 heteroatoms. The predicted octanol–water partition coefficient (Wildman–Crippen LogP) is 4.48. The number of Topliss-reactive ketones (excluding diaryl/α,β-unsaturated/α-hetero) is 1. The maximum absolute atomic E-state index is 12.0. The highest BCUT2D eigenvalue weighted by Crippen LogP contribution is 2.30. The second-order valence-corrected chi connectivity index (χ2v) is 7.41. The molecule has 0 aliphatic carbocycles. The number of likely N-dealkylation sites (N-methyl/N-ethyl adjacent to an activating group) is 1. The molecule has 3 heterocycles. The van der Waals surface area contributed by atoms with Crippen LogP contribution in [0.4, 0.5) is 5.82 Å². The number of nitrogens with one attached hydrogen (secondary N) is 1. The Balaban J connectivity index is 1.45. The maximum Gasteiger partial charge on any atom is 0.171 e. The van der Waals surface area contributed by atoms with Crippen molar-refractivity contribution in [2.24, 2.45) is 4.99 Å². The molecule has 0 radical (unpaired) electrons. The van der Waals surface area contributed by atoms with Gasteiger partial charge >= 0.3 is 0 Å². The van der Waals surface area contributed by atoms with Crippen LogP contribution < -0.4 is 4.74 Å². The van der Waals surface area contributed by atoms with Gasteiger partial charge in [-0.15, -0.1) is 0 Å². The second-order valence-electron chi connectivity index (χ2n) is 7.41. The standard InChI is InChI=1S/C24H24N4O2/c1-28(2)13-14-30-20-7-4-17(5-8-20)3-6-19-15-18(9-11-25-19)22-16-21-23(29)10-12-26-24(21)27-22/h3-9,11-12,15-16,27H,10,13-14H2,1-2H3/b6-3+. The molecule has 4 rings (SSSR count). The molecule has 0 unspecified atom stereocenters. The molecule has 0 amide bonds. The molecule has 0 saturated carbocycles. The smallest absolute Gasteiger partial charge is 0.171 e. The van der Waals surface area contributed by atoms with Gasteiger partial charge in [-0.25, -0.2) is 4.99 Å². The number of aliphatic imine (C=N–C) groups is 1. The summed E-state index contributed by atoms with van der Waals surface area (Å²) in [6, 6.07) is 13.8. The van der Waals surface area contributed by atoms with E-state index in [1.807, 2.05) is 68.7 Å². The Hall–Kier alpha value is -3.51. The third kappa shape index (κ3) is 4.72. The van der Waals surface area contributed by atoms with E-state index < -0.39 is 0 Å². The molecule has 1 aliphatic heterocycles. The quantitative estimate of drug-likeness (QED) is 0.635. The molecule has 6 nitrogen and oxygen atoms in total. The number of ketones is 1. The highest BCUT2D eigenvalue weighted by atomic mass is 16.5. The summed E-state index contributed by atoms with van der Waals surface area (Å²) in [5.74, 6) is 1.58. The van der Waals surface area contributed by atoms with Gasteiger partial charge in [0.2, 0.25) is 0 Å². The van der Waals surface area contributed by atoms with Crippen LogP contribution in [0.1, 0.15) is 28.0 Å². The first-order valence-electron chi connectivity index (χ1n) is 9.89. The van der Waals surface area contributed by atoms with Crippen molar-refractivity contribution in [2.45, 2.75) is 6.42 Å². The van der Waals surface area contributed by atoms with Crippen LogP contribution in [0.2, 0.25) is 0 Å². The molecule has 30 heavy (non-hydrogen) atoms. The van der Waals surface area contributed by atoms with Crippen LogP contribution in [0.15, 0.2) is 53.7 Å². The molecule has 0 fully saturated rings. The number of carbonyl (C=O) groups excluding carboxylic acids is 1. The number of aromatic nitrogens is 2. The van der Waals surface area contributed by atoms with E-state index in [0.29, 0.717) is 24.4 Å². The lowest BCUT2D eigenvalue weighted by molar-refractivity contribution is 0.100. The first kappa shape index (κ1) is 19.8. The zero-order valence-electron chi connectivity index (χ0n) is 17.1. The number of hydrogen-bond donors (Lipinski definition) is 1.